The smallest absolute Gasteiger partial charge is 0.339 e. The van der Waals surface area contributed by atoms with Gasteiger partial charge < -0.3 is 4.74 Å². The molecule has 0 radical (unpaired) electrons. The van der Waals surface area contributed by atoms with E-state index in [9.17, 15) is 19.2 Å². The van der Waals surface area contributed by atoms with Gasteiger partial charge in [0.2, 0.25) is 11.8 Å². The Morgan fingerprint density at radius 3 is 2.09 bits per heavy atom. The first-order chi connectivity index (χ1) is 21.5. The van der Waals surface area contributed by atoms with Gasteiger partial charge in [0.1, 0.15) is 0 Å². The van der Waals surface area contributed by atoms with Crippen LogP contribution in [-0.4, -0.2) is 44.8 Å². The standard InChI is InChI=1S/C34H26Br4N2O5/c1-2-17-11-21(36)12-23-26(34(44)45-16-30(41)19-3-7-20(35)8-4-19)15-29(39-31(17)23)18-5-9-22(10-6-18)40-32(42)24-13-27(37)28(38)14-25(24)33(40)43/h3-12,15,24-25,27-28H,2,13-14,16H2,1H3. The van der Waals surface area contributed by atoms with Crippen molar-refractivity contribution in [3.63, 3.8) is 0 Å². The van der Waals surface area contributed by atoms with Crippen LogP contribution in [0.3, 0.4) is 0 Å². The highest BCUT2D eigenvalue weighted by atomic mass is 79.9. The summed E-state index contributed by atoms with van der Waals surface area (Å²) in [6.45, 7) is 1.60. The number of carbonyl (C=O) groups excluding carboxylic acids is 4. The Kier molecular flexibility index (Phi) is 9.43. The van der Waals surface area contributed by atoms with Crippen molar-refractivity contribution in [1.82, 2.24) is 4.98 Å². The van der Waals surface area contributed by atoms with Crippen molar-refractivity contribution in [2.45, 2.75) is 35.8 Å². The predicted molar refractivity (Wildman–Crippen MR) is 187 cm³/mol. The number of halogens is 4. The van der Waals surface area contributed by atoms with Crippen LogP contribution in [0.1, 0.15) is 46.0 Å². The molecule has 1 aliphatic heterocycles. The summed E-state index contributed by atoms with van der Waals surface area (Å²) < 4.78 is 7.16. The van der Waals surface area contributed by atoms with Gasteiger partial charge in [-0.2, -0.15) is 0 Å². The SMILES string of the molecule is CCc1cc(Br)cc2c(C(=O)OCC(=O)c3ccc(Br)cc3)cc(-c3ccc(N4C(=O)C5CC(Br)C(Br)CC5C4=O)cc3)nc12. The molecule has 6 rings (SSSR count). The number of fused-ring (bicyclic) bond motifs is 2. The zero-order valence-corrected chi connectivity index (χ0v) is 30.3. The van der Waals surface area contributed by atoms with Gasteiger partial charge in [-0.25, -0.2) is 9.78 Å². The van der Waals surface area contributed by atoms with Crippen molar-refractivity contribution >= 4 is 104 Å². The number of carbonyl (C=O) groups is 4. The van der Waals surface area contributed by atoms with Crippen LogP contribution in [0.2, 0.25) is 0 Å². The fourth-order valence-electron chi connectivity index (χ4n) is 6.01. The molecule has 2 aliphatic rings. The summed E-state index contributed by atoms with van der Waals surface area (Å²) in [5.41, 5.74) is 4.03. The van der Waals surface area contributed by atoms with E-state index in [1.165, 1.54) is 4.90 Å². The minimum absolute atomic E-state index is 0.130. The van der Waals surface area contributed by atoms with Gasteiger partial charge in [0, 0.05) is 35.1 Å². The van der Waals surface area contributed by atoms with Gasteiger partial charge in [0.15, 0.2) is 12.4 Å². The van der Waals surface area contributed by atoms with E-state index in [2.05, 4.69) is 63.7 Å². The fraction of sp³-hybridized carbons (Fsp3) is 0.265. The average molecular weight is 862 g/mol. The monoisotopic (exact) mass is 858 g/mol. The number of aryl methyl sites for hydroxylation is 1. The van der Waals surface area contributed by atoms with E-state index in [-0.39, 0.29) is 44.7 Å². The van der Waals surface area contributed by atoms with Crippen LogP contribution in [0.25, 0.3) is 22.2 Å². The molecule has 2 amide bonds. The fourth-order valence-corrected chi connectivity index (χ4v) is 8.01. The van der Waals surface area contributed by atoms with Crippen LogP contribution >= 0.6 is 63.7 Å². The molecule has 4 atom stereocenters. The molecule has 3 aromatic carbocycles. The Hall–Kier alpha value is -2.73. The number of Topliss-reactive ketones (excluding diaryl/α,β-unsaturated/α-hetero) is 1. The van der Waals surface area contributed by atoms with E-state index >= 15 is 0 Å². The van der Waals surface area contributed by atoms with E-state index in [1.54, 1.807) is 54.6 Å². The number of aromatic nitrogens is 1. The zero-order chi connectivity index (χ0) is 32.0. The largest absolute Gasteiger partial charge is 0.454 e. The lowest BCUT2D eigenvalue weighted by Gasteiger charge is -2.29. The molecule has 45 heavy (non-hydrogen) atoms. The number of hydrogen-bond donors (Lipinski definition) is 0. The second kappa shape index (κ2) is 13.2. The van der Waals surface area contributed by atoms with Gasteiger partial charge in [-0.15, -0.1) is 0 Å². The first-order valence-electron chi connectivity index (χ1n) is 14.4. The maximum absolute atomic E-state index is 13.5. The van der Waals surface area contributed by atoms with Crippen molar-refractivity contribution in [2.75, 3.05) is 11.5 Å². The van der Waals surface area contributed by atoms with Crippen LogP contribution in [-0.2, 0) is 20.7 Å². The Bertz CT molecular complexity index is 1820. The summed E-state index contributed by atoms with van der Waals surface area (Å²) in [6, 6.07) is 19.4. The van der Waals surface area contributed by atoms with Gasteiger partial charge in [0.25, 0.3) is 0 Å². The number of nitrogens with zero attached hydrogens (tertiary/aromatic N) is 2. The number of hydrogen-bond acceptors (Lipinski definition) is 6. The summed E-state index contributed by atoms with van der Waals surface area (Å²) >= 11 is 14.2. The lowest BCUT2D eigenvalue weighted by atomic mass is 9.81. The van der Waals surface area contributed by atoms with Crippen LogP contribution in [0.15, 0.2) is 75.7 Å². The molecule has 2 fully saturated rings. The Labute approximate surface area is 293 Å². The minimum atomic E-state index is -0.642. The summed E-state index contributed by atoms with van der Waals surface area (Å²) in [5.74, 6) is -1.99. The van der Waals surface area contributed by atoms with Gasteiger partial charge in [-0.3, -0.25) is 19.3 Å². The Morgan fingerprint density at radius 2 is 1.49 bits per heavy atom. The van der Waals surface area contributed by atoms with Crippen LogP contribution in [0, 0.1) is 11.8 Å². The van der Waals surface area contributed by atoms with Crippen molar-refractivity contribution in [3.8, 4) is 11.3 Å². The van der Waals surface area contributed by atoms with E-state index < -0.39 is 12.6 Å². The molecular formula is C34H26Br4N2O5. The Balaban J connectivity index is 1.31. The van der Waals surface area contributed by atoms with Crippen molar-refractivity contribution in [2.24, 2.45) is 11.8 Å². The van der Waals surface area contributed by atoms with E-state index in [4.69, 9.17) is 9.72 Å². The van der Waals surface area contributed by atoms with Gasteiger partial charge >= 0.3 is 5.97 Å². The second-order valence-electron chi connectivity index (χ2n) is 11.2. The molecule has 1 aliphatic carbocycles. The number of imide groups is 1. The zero-order valence-electron chi connectivity index (χ0n) is 23.9. The number of amides is 2. The second-order valence-corrected chi connectivity index (χ2v) is 15.3. The molecule has 230 valence electrons. The van der Waals surface area contributed by atoms with Gasteiger partial charge in [-0.05, 0) is 67.3 Å². The lowest BCUT2D eigenvalue weighted by Crippen LogP contribution is -2.34. The molecule has 0 N–H and O–H groups in total. The molecule has 11 heteroatoms. The third-order valence-corrected chi connectivity index (χ3v) is 12.1. The van der Waals surface area contributed by atoms with Gasteiger partial charge in [-0.1, -0.05) is 94.9 Å². The number of pyridine rings is 1. The molecule has 1 saturated heterocycles. The van der Waals surface area contributed by atoms with Gasteiger partial charge in [0.05, 0.1) is 34.3 Å². The van der Waals surface area contributed by atoms with E-state index in [1.807, 2.05) is 19.1 Å². The molecule has 0 bridgehead atoms. The quantitative estimate of drug-likeness (QED) is 0.0802. The first kappa shape index (κ1) is 32.2. The molecular weight excluding hydrogens is 836 g/mol. The van der Waals surface area contributed by atoms with Crippen molar-refractivity contribution in [3.05, 3.63) is 92.4 Å². The summed E-state index contributed by atoms with van der Waals surface area (Å²) in [5, 5.41) is 0.605. The summed E-state index contributed by atoms with van der Waals surface area (Å²) in [7, 11) is 0. The third-order valence-electron chi connectivity index (χ3n) is 8.39. The van der Waals surface area contributed by atoms with Crippen LogP contribution in [0.5, 0.6) is 0 Å². The number of alkyl halides is 2. The number of anilines is 1. The highest BCUT2D eigenvalue weighted by molar-refractivity contribution is 9.12. The normalized spacial score (nSPS) is 21.2. The minimum Gasteiger partial charge on any atom is -0.454 e. The average Bonchev–Trinajstić information content (AvgIpc) is 3.27. The molecule has 1 aromatic heterocycles. The highest BCUT2D eigenvalue weighted by Gasteiger charge is 2.52. The summed E-state index contributed by atoms with van der Waals surface area (Å²) in [6.07, 6.45) is 1.88. The number of ether oxygens (including phenoxy) is 1. The van der Waals surface area contributed by atoms with Crippen molar-refractivity contribution < 1.29 is 23.9 Å². The number of esters is 1. The lowest BCUT2D eigenvalue weighted by molar-refractivity contribution is -0.122. The number of ketones is 1. The maximum atomic E-state index is 13.5. The van der Waals surface area contributed by atoms with Crippen LogP contribution < -0.4 is 4.90 Å². The van der Waals surface area contributed by atoms with Crippen LogP contribution in [0.4, 0.5) is 5.69 Å². The first-order valence-corrected chi connectivity index (χ1v) is 17.8. The molecule has 1 saturated carbocycles. The molecule has 4 aromatic rings. The topological polar surface area (TPSA) is 93.6 Å². The predicted octanol–water partition coefficient (Wildman–Crippen LogP) is 8.46. The van der Waals surface area contributed by atoms with E-state index in [0.29, 0.717) is 52.7 Å². The van der Waals surface area contributed by atoms with Crippen molar-refractivity contribution in [1.29, 1.82) is 0 Å². The molecule has 7 nitrogen and oxygen atoms in total. The number of rotatable bonds is 7. The molecule has 0 spiro atoms. The third kappa shape index (κ3) is 6.33. The molecule has 4 unspecified atom stereocenters. The number of benzene rings is 3. The van der Waals surface area contributed by atoms with E-state index in [0.717, 1.165) is 14.5 Å². The maximum Gasteiger partial charge on any atom is 0.339 e. The highest BCUT2D eigenvalue weighted by Crippen LogP contribution is 2.44. The Morgan fingerprint density at radius 1 is 0.867 bits per heavy atom. The molecule has 2 heterocycles. The summed E-state index contributed by atoms with van der Waals surface area (Å²) in [4.78, 5) is 59.3.